The van der Waals surface area contributed by atoms with Crippen molar-refractivity contribution in [3.63, 3.8) is 0 Å². The number of rotatable bonds is 7. The third-order valence-electron chi connectivity index (χ3n) is 5.72. The van der Waals surface area contributed by atoms with E-state index in [1.807, 2.05) is 29.2 Å². The molecule has 2 heterocycles. The summed E-state index contributed by atoms with van der Waals surface area (Å²) >= 11 is 6.44. The molecule has 0 spiro atoms. The molecule has 29 heavy (non-hydrogen) atoms. The summed E-state index contributed by atoms with van der Waals surface area (Å²) in [5.74, 6) is -0.0333. The second-order valence-corrected chi connectivity index (χ2v) is 10.3. The number of likely N-dealkylation sites (tertiary alicyclic amines) is 1. The number of nitrogens with zero attached hydrogens (tertiary/aromatic N) is 3. The molecule has 0 aromatic heterocycles. The standard InChI is InChI=1S/C20H31ClN4O3S/c1-29(27,28)25-12-6-9-23(13-14-25)16-20(26)22-15-19(24-10-4-5-11-24)17-7-2-3-8-18(17)21/h2-3,7-8,19H,4-6,9-16H2,1H3,(H,22,26). The summed E-state index contributed by atoms with van der Waals surface area (Å²) in [5, 5.41) is 3.81. The maximum absolute atomic E-state index is 12.6. The number of sulfonamides is 1. The predicted octanol–water partition coefficient (Wildman–Crippen LogP) is 1.56. The van der Waals surface area contributed by atoms with Gasteiger partial charge in [0.1, 0.15) is 0 Å². The lowest BCUT2D eigenvalue weighted by molar-refractivity contribution is -0.122. The molecule has 0 bridgehead atoms. The summed E-state index contributed by atoms with van der Waals surface area (Å²) < 4.78 is 25.0. The van der Waals surface area contributed by atoms with Crippen molar-refractivity contribution in [2.75, 3.05) is 58.6 Å². The van der Waals surface area contributed by atoms with Crippen molar-refractivity contribution < 1.29 is 13.2 Å². The van der Waals surface area contributed by atoms with Crippen LogP contribution in [0.3, 0.4) is 0 Å². The smallest absolute Gasteiger partial charge is 0.234 e. The molecule has 9 heteroatoms. The Morgan fingerprint density at radius 3 is 2.48 bits per heavy atom. The zero-order chi connectivity index (χ0) is 20.9. The van der Waals surface area contributed by atoms with Crippen molar-refractivity contribution in [2.45, 2.75) is 25.3 Å². The second kappa shape index (κ2) is 10.2. The van der Waals surface area contributed by atoms with Gasteiger partial charge in [-0.25, -0.2) is 12.7 Å². The van der Waals surface area contributed by atoms with Crippen LogP contribution in [0.4, 0.5) is 0 Å². The molecule has 1 aromatic rings. The number of carbonyl (C=O) groups excluding carboxylic acids is 1. The third-order valence-corrected chi connectivity index (χ3v) is 7.37. The fourth-order valence-electron chi connectivity index (χ4n) is 4.14. The number of hydrogen-bond acceptors (Lipinski definition) is 5. The summed E-state index contributed by atoms with van der Waals surface area (Å²) in [6, 6.07) is 7.90. The van der Waals surface area contributed by atoms with Gasteiger partial charge in [0.2, 0.25) is 15.9 Å². The summed E-state index contributed by atoms with van der Waals surface area (Å²) in [6.45, 7) is 5.07. The van der Waals surface area contributed by atoms with Gasteiger partial charge in [-0.3, -0.25) is 14.6 Å². The minimum absolute atomic E-state index is 0.0333. The molecule has 1 aromatic carbocycles. The topological polar surface area (TPSA) is 73.0 Å². The number of carbonyl (C=O) groups is 1. The lowest BCUT2D eigenvalue weighted by atomic mass is 10.1. The van der Waals surface area contributed by atoms with E-state index in [0.717, 1.165) is 36.6 Å². The highest BCUT2D eigenvalue weighted by molar-refractivity contribution is 7.88. The first-order chi connectivity index (χ1) is 13.8. The molecular weight excluding hydrogens is 412 g/mol. The van der Waals surface area contributed by atoms with E-state index in [1.165, 1.54) is 23.4 Å². The van der Waals surface area contributed by atoms with Gasteiger partial charge in [-0.1, -0.05) is 29.8 Å². The number of hydrogen-bond donors (Lipinski definition) is 1. The van der Waals surface area contributed by atoms with Gasteiger partial charge in [-0.15, -0.1) is 0 Å². The van der Waals surface area contributed by atoms with Crippen LogP contribution in [0, 0.1) is 0 Å². The van der Waals surface area contributed by atoms with Crippen LogP contribution >= 0.6 is 11.6 Å². The van der Waals surface area contributed by atoms with Gasteiger partial charge in [-0.2, -0.15) is 0 Å². The molecule has 2 fully saturated rings. The first-order valence-corrected chi connectivity index (χ1v) is 12.5. The van der Waals surface area contributed by atoms with E-state index in [1.54, 1.807) is 0 Å². The number of nitrogens with one attached hydrogen (secondary N) is 1. The van der Waals surface area contributed by atoms with E-state index in [0.29, 0.717) is 26.2 Å². The Hall–Kier alpha value is -1.19. The molecule has 1 N–H and O–H groups in total. The number of amides is 1. The highest BCUT2D eigenvalue weighted by Gasteiger charge is 2.26. The van der Waals surface area contributed by atoms with E-state index in [2.05, 4.69) is 10.2 Å². The maximum Gasteiger partial charge on any atom is 0.234 e. The Morgan fingerprint density at radius 2 is 1.79 bits per heavy atom. The normalized spacial score (nSPS) is 21.0. The number of halogens is 1. The van der Waals surface area contributed by atoms with Gasteiger partial charge in [-0.05, 0) is 50.5 Å². The summed E-state index contributed by atoms with van der Waals surface area (Å²) in [5.41, 5.74) is 1.05. The van der Waals surface area contributed by atoms with E-state index in [4.69, 9.17) is 11.6 Å². The van der Waals surface area contributed by atoms with Crippen molar-refractivity contribution >= 4 is 27.5 Å². The van der Waals surface area contributed by atoms with Gasteiger partial charge in [0.15, 0.2) is 0 Å². The first kappa shape index (κ1) is 22.5. The molecule has 7 nitrogen and oxygen atoms in total. The van der Waals surface area contributed by atoms with Crippen LogP contribution in [0.15, 0.2) is 24.3 Å². The molecule has 1 atom stereocenters. The molecule has 2 aliphatic rings. The molecule has 2 aliphatic heterocycles. The van der Waals surface area contributed by atoms with E-state index < -0.39 is 10.0 Å². The Labute approximate surface area is 179 Å². The first-order valence-electron chi connectivity index (χ1n) is 10.3. The Morgan fingerprint density at radius 1 is 1.07 bits per heavy atom. The van der Waals surface area contributed by atoms with E-state index in [-0.39, 0.29) is 18.5 Å². The van der Waals surface area contributed by atoms with Crippen molar-refractivity contribution in [1.82, 2.24) is 19.4 Å². The summed E-state index contributed by atoms with van der Waals surface area (Å²) in [4.78, 5) is 17.0. The Bertz CT molecular complexity index is 799. The molecular formula is C20H31ClN4O3S. The van der Waals surface area contributed by atoms with Crippen molar-refractivity contribution in [2.24, 2.45) is 0 Å². The summed E-state index contributed by atoms with van der Waals surface area (Å²) in [7, 11) is -3.18. The van der Waals surface area contributed by atoms with Crippen LogP contribution in [0.1, 0.15) is 30.9 Å². The molecule has 0 saturated carbocycles. The van der Waals surface area contributed by atoms with Crippen LogP contribution in [-0.2, 0) is 14.8 Å². The monoisotopic (exact) mass is 442 g/mol. The molecule has 3 rings (SSSR count). The summed E-state index contributed by atoms with van der Waals surface area (Å²) in [6.07, 6.45) is 4.30. The van der Waals surface area contributed by atoms with Crippen LogP contribution in [0.2, 0.25) is 5.02 Å². The van der Waals surface area contributed by atoms with Crippen molar-refractivity contribution in [3.8, 4) is 0 Å². The highest BCUT2D eigenvalue weighted by Crippen LogP contribution is 2.29. The zero-order valence-corrected chi connectivity index (χ0v) is 18.6. The average Bonchev–Trinajstić information content (AvgIpc) is 3.08. The van der Waals surface area contributed by atoms with Gasteiger partial charge in [0, 0.05) is 31.2 Å². The van der Waals surface area contributed by atoms with Gasteiger partial charge in [0.25, 0.3) is 0 Å². The predicted molar refractivity (Wildman–Crippen MR) is 115 cm³/mol. The van der Waals surface area contributed by atoms with Crippen molar-refractivity contribution in [3.05, 3.63) is 34.9 Å². The van der Waals surface area contributed by atoms with E-state index in [9.17, 15) is 13.2 Å². The van der Waals surface area contributed by atoms with Gasteiger partial charge < -0.3 is 5.32 Å². The minimum atomic E-state index is -3.18. The lowest BCUT2D eigenvalue weighted by Gasteiger charge is -2.29. The third kappa shape index (κ3) is 6.39. The highest BCUT2D eigenvalue weighted by atomic mass is 35.5. The van der Waals surface area contributed by atoms with E-state index >= 15 is 0 Å². The zero-order valence-electron chi connectivity index (χ0n) is 17.0. The van der Waals surface area contributed by atoms with Gasteiger partial charge in [0.05, 0.1) is 18.8 Å². The van der Waals surface area contributed by atoms with Crippen LogP contribution in [-0.4, -0.2) is 87.0 Å². The van der Waals surface area contributed by atoms with Crippen LogP contribution in [0.25, 0.3) is 0 Å². The van der Waals surface area contributed by atoms with Crippen LogP contribution < -0.4 is 5.32 Å². The second-order valence-electron chi connectivity index (χ2n) is 7.88. The minimum Gasteiger partial charge on any atom is -0.353 e. The largest absolute Gasteiger partial charge is 0.353 e. The molecule has 1 amide bonds. The maximum atomic E-state index is 12.6. The average molecular weight is 443 g/mol. The fraction of sp³-hybridized carbons (Fsp3) is 0.650. The number of benzene rings is 1. The van der Waals surface area contributed by atoms with Gasteiger partial charge >= 0.3 is 0 Å². The van der Waals surface area contributed by atoms with Crippen molar-refractivity contribution in [1.29, 1.82) is 0 Å². The Kier molecular flexibility index (Phi) is 7.92. The molecule has 162 valence electrons. The molecule has 0 aliphatic carbocycles. The molecule has 1 unspecified atom stereocenters. The lowest BCUT2D eigenvalue weighted by Crippen LogP contribution is -2.43. The molecule has 2 saturated heterocycles. The van der Waals surface area contributed by atoms with Crippen LogP contribution in [0.5, 0.6) is 0 Å². The Balaban J connectivity index is 1.56. The SMILES string of the molecule is CS(=O)(=O)N1CCCN(CC(=O)NCC(c2ccccc2Cl)N2CCCC2)CC1. The molecule has 0 radical (unpaired) electrons. The fourth-order valence-corrected chi connectivity index (χ4v) is 5.28. The quantitative estimate of drug-likeness (QED) is 0.693.